The van der Waals surface area contributed by atoms with Crippen molar-refractivity contribution >= 4 is 5.90 Å². The van der Waals surface area contributed by atoms with Gasteiger partial charge in [0.15, 0.2) is 0 Å². The van der Waals surface area contributed by atoms with Gasteiger partial charge in [0.2, 0.25) is 5.90 Å². The summed E-state index contributed by atoms with van der Waals surface area (Å²) in [5, 5.41) is 3.51. The Morgan fingerprint density at radius 3 is 3.12 bits per heavy atom. The second-order valence-corrected chi connectivity index (χ2v) is 4.31. The maximum absolute atomic E-state index is 5.49. The molecule has 3 nitrogen and oxygen atoms in total. The summed E-state index contributed by atoms with van der Waals surface area (Å²) in [6.07, 6.45) is 2.50. The predicted molar refractivity (Wildman–Crippen MR) is 63.8 cm³/mol. The number of benzene rings is 1. The van der Waals surface area contributed by atoms with Gasteiger partial charge in [-0.05, 0) is 37.1 Å². The molecule has 1 N–H and O–H groups in total. The van der Waals surface area contributed by atoms with E-state index in [9.17, 15) is 0 Å². The molecule has 84 valence electrons. The quantitative estimate of drug-likeness (QED) is 0.819. The van der Waals surface area contributed by atoms with E-state index in [2.05, 4.69) is 34.6 Å². The van der Waals surface area contributed by atoms with Crippen molar-refractivity contribution in [3.63, 3.8) is 0 Å². The molecule has 1 atom stereocenters. The molecule has 0 bridgehead atoms. The van der Waals surface area contributed by atoms with Gasteiger partial charge in [-0.25, -0.2) is 4.99 Å². The van der Waals surface area contributed by atoms with Crippen LogP contribution < -0.4 is 5.32 Å². The first-order valence-corrected chi connectivity index (χ1v) is 5.94. The molecule has 3 heteroatoms. The van der Waals surface area contributed by atoms with E-state index in [4.69, 9.17) is 4.74 Å². The Morgan fingerprint density at radius 2 is 2.38 bits per heavy atom. The number of rotatable bonds is 2. The van der Waals surface area contributed by atoms with Crippen LogP contribution in [0, 0.1) is 0 Å². The number of hydrogen-bond acceptors (Lipinski definition) is 3. The van der Waals surface area contributed by atoms with Gasteiger partial charge >= 0.3 is 0 Å². The third-order valence-electron chi connectivity index (χ3n) is 3.18. The van der Waals surface area contributed by atoms with Crippen LogP contribution in [0.3, 0.4) is 0 Å². The molecule has 0 spiro atoms. The molecule has 16 heavy (non-hydrogen) atoms. The van der Waals surface area contributed by atoms with E-state index in [0.29, 0.717) is 6.04 Å². The summed E-state index contributed by atoms with van der Waals surface area (Å²) < 4.78 is 5.49. The third-order valence-corrected chi connectivity index (χ3v) is 3.18. The van der Waals surface area contributed by atoms with E-state index in [0.717, 1.165) is 31.2 Å². The van der Waals surface area contributed by atoms with Crippen molar-refractivity contribution < 1.29 is 4.74 Å². The lowest BCUT2D eigenvalue weighted by molar-refractivity contribution is 0.348. The van der Waals surface area contributed by atoms with Crippen LogP contribution in [0.1, 0.15) is 30.0 Å². The molecule has 1 fully saturated rings. The van der Waals surface area contributed by atoms with Gasteiger partial charge in [-0.3, -0.25) is 0 Å². The normalized spacial score (nSPS) is 24.2. The highest BCUT2D eigenvalue weighted by atomic mass is 16.5. The summed E-state index contributed by atoms with van der Waals surface area (Å²) in [6.45, 7) is 2.65. The van der Waals surface area contributed by atoms with E-state index >= 15 is 0 Å². The second-order valence-electron chi connectivity index (χ2n) is 4.31. The van der Waals surface area contributed by atoms with Crippen LogP contribution in [0.4, 0.5) is 0 Å². The molecular weight excluding hydrogens is 200 g/mol. The van der Waals surface area contributed by atoms with Crippen LogP contribution in [-0.4, -0.2) is 25.6 Å². The Morgan fingerprint density at radius 1 is 1.38 bits per heavy atom. The number of hydrogen-bond donors (Lipinski definition) is 1. The highest BCUT2D eigenvalue weighted by Gasteiger charge is 2.17. The van der Waals surface area contributed by atoms with Crippen LogP contribution >= 0.6 is 0 Å². The topological polar surface area (TPSA) is 33.6 Å². The number of ether oxygens (including phenoxy) is 1. The fourth-order valence-electron chi connectivity index (χ4n) is 2.37. The Hall–Kier alpha value is -1.35. The SMILES string of the molecule is c1cc(C2=NCCO2)cc(C2CCCN2)c1. The van der Waals surface area contributed by atoms with Crippen LogP contribution in [-0.2, 0) is 4.74 Å². The zero-order chi connectivity index (χ0) is 10.8. The summed E-state index contributed by atoms with van der Waals surface area (Å²) in [5.74, 6) is 0.805. The molecule has 1 saturated heterocycles. The first-order chi connectivity index (χ1) is 7.93. The molecule has 1 aromatic rings. The summed E-state index contributed by atoms with van der Waals surface area (Å²) in [5.41, 5.74) is 2.47. The lowest BCUT2D eigenvalue weighted by Crippen LogP contribution is -2.13. The van der Waals surface area contributed by atoms with Gasteiger partial charge in [0, 0.05) is 11.6 Å². The average molecular weight is 216 g/mol. The van der Waals surface area contributed by atoms with E-state index in [1.807, 2.05) is 0 Å². The summed E-state index contributed by atoms with van der Waals surface area (Å²) in [4.78, 5) is 4.35. The van der Waals surface area contributed by atoms with Crippen molar-refractivity contribution in [1.29, 1.82) is 0 Å². The molecule has 0 aromatic heterocycles. The van der Waals surface area contributed by atoms with E-state index in [1.165, 1.54) is 18.4 Å². The summed E-state index contributed by atoms with van der Waals surface area (Å²) >= 11 is 0. The van der Waals surface area contributed by atoms with Crippen molar-refractivity contribution in [3.05, 3.63) is 35.4 Å². The van der Waals surface area contributed by atoms with Crippen molar-refractivity contribution in [2.45, 2.75) is 18.9 Å². The maximum Gasteiger partial charge on any atom is 0.216 e. The van der Waals surface area contributed by atoms with Crippen molar-refractivity contribution in [3.8, 4) is 0 Å². The van der Waals surface area contributed by atoms with Gasteiger partial charge in [-0.2, -0.15) is 0 Å². The Balaban J connectivity index is 1.87. The van der Waals surface area contributed by atoms with E-state index in [-0.39, 0.29) is 0 Å². The minimum Gasteiger partial charge on any atom is -0.476 e. The minimum absolute atomic E-state index is 0.516. The fourth-order valence-corrected chi connectivity index (χ4v) is 2.37. The number of nitrogens with zero attached hydrogens (tertiary/aromatic N) is 1. The Labute approximate surface area is 95.5 Å². The average Bonchev–Trinajstić information content (AvgIpc) is 3.03. The van der Waals surface area contributed by atoms with Gasteiger partial charge in [0.1, 0.15) is 6.61 Å². The third kappa shape index (κ3) is 1.83. The largest absolute Gasteiger partial charge is 0.476 e. The lowest BCUT2D eigenvalue weighted by atomic mass is 10.0. The molecule has 2 heterocycles. The van der Waals surface area contributed by atoms with Crippen LogP contribution in [0.15, 0.2) is 29.3 Å². The molecule has 0 saturated carbocycles. The van der Waals surface area contributed by atoms with Gasteiger partial charge < -0.3 is 10.1 Å². The van der Waals surface area contributed by atoms with Gasteiger partial charge in [-0.15, -0.1) is 0 Å². The highest BCUT2D eigenvalue weighted by molar-refractivity contribution is 5.95. The molecule has 0 radical (unpaired) electrons. The molecule has 3 rings (SSSR count). The predicted octanol–water partition coefficient (Wildman–Crippen LogP) is 1.89. The molecule has 2 aliphatic heterocycles. The van der Waals surface area contributed by atoms with Crippen LogP contribution in [0.5, 0.6) is 0 Å². The molecule has 0 aliphatic carbocycles. The Bertz CT molecular complexity index is 408. The fraction of sp³-hybridized carbons (Fsp3) is 0.462. The van der Waals surface area contributed by atoms with Crippen LogP contribution in [0.25, 0.3) is 0 Å². The molecule has 2 aliphatic rings. The minimum atomic E-state index is 0.516. The van der Waals surface area contributed by atoms with Crippen LogP contribution in [0.2, 0.25) is 0 Å². The molecule has 1 unspecified atom stereocenters. The second kappa shape index (κ2) is 4.26. The van der Waals surface area contributed by atoms with Gasteiger partial charge in [0.25, 0.3) is 0 Å². The first kappa shape index (κ1) is 9.85. The monoisotopic (exact) mass is 216 g/mol. The van der Waals surface area contributed by atoms with E-state index in [1.54, 1.807) is 0 Å². The summed E-state index contributed by atoms with van der Waals surface area (Å²) in [6, 6.07) is 9.06. The zero-order valence-corrected chi connectivity index (χ0v) is 9.28. The number of nitrogens with one attached hydrogen (secondary N) is 1. The maximum atomic E-state index is 5.49. The van der Waals surface area contributed by atoms with Crippen molar-refractivity contribution in [1.82, 2.24) is 5.32 Å². The number of aliphatic imine (C=N–C) groups is 1. The first-order valence-electron chi connectivity index (χ1n) is 5.94. The van der Waals surface area contributed by atoms with E-state index < -0.39 is 0 Å². The van der Waals surface area contributed by atoms with Gasteiger partial charge in [-0.1, -0.05) is 12.1 Å². The molecular formula is C13H16N2O. The molecule has 0 amide bonds. The van der Waals surface area contributed by atoms with Crippen molar-refractivity contribution in [2.75, 3.05) is 19.7 Å². The lowest BCUT2D eigenvalue weighted by Gasteiger charge is -2.11. The molecule has 1 aromatic carbocycles. The highest BCUT2D eigenvalue weighted by Crippen LogP contribution is 2.24. The van der Waals surface area contributed by atoms with Crippen molar-refractivity contribution in [2.24, 2.45) is 4.99 Å². The Kier molecular flexibility index (Phi) is 2.62. The standard InChI is InChI=1S/C13H16N2O/c1-3-10(12-5-2-6-14-12)9-11(4-1)13-15-7-8-16-13/h1,3-4,9,12,14H,2,5-8H2. The zero-order valence-electron chi connectivity index (χ0n) is 9.28. The summed E-state index contributed by atoms with van der Waals surface area (Å²) in [7, 11) is 0. The smallest absolute Gasteiger partial charge is 0.216 e. The van der Waals surface area contributed by atoms with Gasteiger partial charge in [0.05, 0.1) is 6.54 Å².